The molecule has 0 radical (unpaired) electrons. The lowest BCUT2D eigenvalue weighted by molar-refractivity contribution is -0.119. The summed E-state index contributed by atoms with van der Waals surface area (Å²) in [6, 6.07) is 27.6. The average molecular weight is 962 g/mol. The number of imide groups is 1. The van der Waals surface area contributed by atoms with Crippen LogP contribution in [0.3, 0.4) is 0 Å². The van der Waals surface area contributed by atoms with Crippen molar-refractivity contribution in [2.75, 3.05) is 36.2 Å². The van der Waals surface area contributed by atoms with Crippen LogP contribution in [-0.4, -0.2) is 101 Å². The number of rotatable bonds is 20. The lowest BCUT2D eigenvalue weighted by Crippen LogP contribution is -2.34. The third-order valence-electron chi connectivity index (χ3n) is 10.4. The number of anilines is 2. The van der Waals surface area contributed by atoms with E-state index in [0.717, 1.165) is 46.0 Å². The summed E-state index contributed by atoms with van der Waals surface area (Å²) in [7, 11) is 1.53. The first-order chi connectivity index (χ1) is 32.6. The number of aromatic carboxylic acids is 1. The van der Waals surface area contributed by atoms with Crippen molar-refractivity contribution in [1.29, 1.82) is 0 Å². The van der Waals surface area contributed by atoms with Crippen LogP contribution in [0.1, 0.15) is 67.2 Å². The summed E-state index contributed by atoms with van der Waals surface area (Å²) < 4.78 is 19.2. The van der Waals surface area contributed by atoms with E-state index >= 15 is 0 Å². The van der Waals surface area contributed by atoms with Crippen LogP contribution >= 0.6 is 23.5 Å². The highest BCUT2D eigenvalue weighted by Crippen LogP contribution is 2.33. The molecule has 3 heterocycles. The number of ether oxygens (including phenoxy) is 3. The van der Waals surface area contributed by atoms with Gasteiger partial charge < -0.3 is 29.2 Å². The molecule has 0 aliphatic carbocycles. The Bertz CT molecular complexity index is 2760. The minimum atomic E-state index is -1.06. The van der Waals surface area contributed by atoms with Gasteiger partial charge >= 0.3 is 12.1 Å². The van der Waals surface area contributed by atoms with Crippen LogP contribution in [0.25, 0.3) is 22.5 Å². The summed E-state index contributed by atoms with van der Waals surface area (Å²) in [6.45, 7) is 7.53. The molecule has 0 saturated carbocycles. The SMILES string of the molecule is CCCc1nc(CSCCOc2ccc(NC(=O)COc3ccc(CC4SC(=O)NC4=O)cc3)c(N(C)C(=O)OC(C)(C)C)c2)c(C(=O)O)n1Cc1ccc(-c2ccccc2-c2nn[nH]n2)cc1. The third kappa shape index (κ3) is 12.6. The average Bonchev–Trinajstić information content (AvgIpc) is 4.05. The van der Waals surface area contributed by atoms with Crippen molar-refractivity contribution in [2.24, 2.45) is 0 Å². The largest absolute Gasteiger partial charge is 0.493 e. The number of carboxylic acid groups (broad SMARTS) is 1. The Hall–Kier alpha value is -7.19. The topological polar surface area (TPSA) is 233 Å². The second-order valence-electron chi connectivity index (χ2n) is 16.6. The molecule has 0 spiro atoms. The number of amides is 4. The summed E-state index contributed by atoms with van der Waals surface area (Å²) in [5, 5.41) is 29.2. The molecule has 1 aliphatic heterocycles. The van der Waals surface area contributed by atoms with Crippen molar-refractivity contribution in [3.63, 3.8) is 0 Å². The molecule has 1 saturated heterocycles. The van der Waals surface area contributed by atoms with E-state index in [9.17, 15) is 29.1 Å². The number of nitrogens with one attached hydrogen (secondary N) is 3. The Balaban J connectivity index is 0.970. The molecule has 1 fully saturated rings. The van der Waals surface area contributed by atoms with E-state index in [2.05, 4.69) is 31.3 Å². The maximum absolute atomic E-state index is 13.2. The van der Waals surface area contributed by atoms with Crippen molar-refractivity contribution in [2.45, 2.75) is 70.1 Å². The summed E-state index contributed by atoms with van der Waals surface area (Å²) in [4.78, 5) is 68.7. The van der Waals surface area contributed by atoms with E-state index in [0.29, 0.717) is 71.1 Å². The van der Waals surface area contributed by atoms with Crippen molar-refractivity contribution >= 4 is 64.0 Å². The van der Waals surface area contributed by atoms with Crippen LogP contribution < -0.4 is 25.0 Å². The molecule has 4 N–H and O–H groups in total. The van der Waals surface area contributed by atoms with Crippen molar-refractivity contribution in [3.8, 4) is 34.0 Å². The van der Waals surface area contributed by atoms with Crippen LogP contribution in [0.4, 0.5) is 21.0 Å². The first-order valence-corrected chi connectivity index (χ1v) is 23.8. The van der Waals surface area contributed by atoms with E-state index in [4.69, 9.17) is 19.2 Å². The second kappa shape index (κ2) is 22.1. The number of H-pyrrole nitrogens is 1. The molecule has 2 aromatic heterocycles. The number of thioether (sulfide) groups is 2. The quantitative estimate of drug-likeness (QED) is 0.0531. The number of tetrazole rings is 1. The summed E-state index contributed by atoms with van der Waals surface area (Å²) in [5.74, 6) is 1.00. The smallest absolute Gasteiger partial charge is 0.414 e. The number of imidazole rings is 1. The molecular formula is C48H51N9O9S2. The summed E-state index contributed by atoms with van der Waals surface area (Å²) >= 11 is 2.44. The van der Waals surface area contributed by atoms with E-state index in [-0.39, 0.29) is 30.1 Å². The second-order valence-corrected chi connectivity index (χ2v) is 18.9. The van der Waals surface area contributed by atoms with Crippen LogP contribution in [0.2, 0.25) is 0 Å². The Morgan fingerprint density at radius 2 is 1.66 bits per heavy atom. The number of hydrogen-bond acceptors (Lipinski definition) is 14. The lowest BCUT2D eigenvalue weighted by Gasteiger charge is -2.26. The normalized spacial score (nSPS) is 13.5. The predicted octanol–water partition coefficient (Wildman–Crippen LogP) is 8.02. The lowest BCUT2D eigenvalue weighted by atomic mass is 9.98. The Morgan fingerprint density at radius 1 is 0.941 bits per heavy atom. The molecule has 354 valence electrons. The maximum Gasteiger partial charge on any atom is 0.414 e. The van der Waals surface area contributed by atoms with Gasteiger partial charge in [0, 0.05) is 43.1 Å². The minimum Gasteiger partial charge on any atom is -0.493 e. The third-order valence-corrected chi connectivity index (χ3v) is 12.3. The Labute approximate surface area is 400 Å². The summed E-state index contributed by atoms with van der Waals surface area (Å²) in [6.07, 6.45) is 1.12. The van der Waals surface area contributed by atoms with E-state index in [1.54, 1.807) is 67.8 Å². The van der Waals surface area contributed by atoms with Crippen molar-refractivity contribution < 1.29 is 43.3 Å². The first kappa shape index (κ1) is 48.7. The number of aromatic amines is 1. The maximum atomic E-state index is 13.2. The van der Waals surface area contributed by atoms with Gasteiger partial charge in [0.1, 0.15) is 22.9 Å². The van der Waals surface area contributed by atoms with Crippen LogP contribution in [-0.2, 0) is 39.5 Å². The Morgan fingerprint density at radius 3 is 2.32 bits per heavy atom. The summed E-state index contributed by atoms with van der Waals surface area (Å²) in [5.41, 5.74) is 4.95. The van der Waals surface area contributed by atoms with Gasteiger partial charge in [-0.2, -0.15) is 17.0 Å². The van der Waals surface area contributed by atoms with E-state index < -0.39 is 28.8 Å². The molecule has 20 heteroatoms. The van der Waals surface area contributed by atoms with Crippen LogP contribution in [0.5, 0.6) is 11.5 Å². The van der Waals surface area contributed by atoms with Gasteiger partial charge in [0.2, 0.25) is 11.7 Å². The zero-order valence-electron chi connectivity index (χ0n) is 38.1. The van der Waals surface area contributed by atoms with Gasteiger partial charge in [0.05, 0.1) is 28.9 Å². The standard InChI is InChI=1S/C48H51N9O9S2/c1-6-9-40-49-37(42(45(60)61)57(40)26-30-12-16-31(17-13-30)34-10-7-8-11-35(34)43-52-54-55-53-43)28-67-23-22-64-33-20-21-36(38(25-33)56(5)47(63)66-48(2,3)4)50-41(58)27-65-32-18-14-29(15-19-32)24-39-44(59)51-46(62)68-39/h7-8,10-21,25,39H,6,9,22-24,26-28H2,1-5H3,(H,50,58)(H,60,61)(H,51,59,62)(H,52,53,54,55). The molecule has 7 rings (SSSR count). The van der Waals surface area contributed by atoms with Crippen LogP contribution in [0.15, 0.2) is 91.0 Å². The van der Waals surface area contributed by atoms with Gasteiger partial charge in [-0.25, -0.2) is 14.6 Å². The highest BCUT2D eigenvalue weighted by atomic mass is 32.2. The van der Waals surface area contributed by atoms with Crippen molar-refractivity contribution in [1.82, 2.24) is 35.5 Å². The fraction of sp³-hybridized carbons (Fsp3) is 0.312. The molecule has 1 aliphatic rings. The van der Waals surface area contributed by atoms with Gasteiger partial charge in [-0.1, -0.05) is 79.3 Å². The Kier molecular flexibility index (Phi) is 15.8. The molecule has 18 nitrogen and oxygen atoms in total. The zero-order chi connectivity index (χ0) is 48.4. The number of benzene rings is 4. The first-order valence-electron chi connectivity index (χ1n) is 21.7. The number of carboxylic acids is 1. The van der Waals surface area contributed by atoms with Gasteiger partial charge in [0.25, 0.3) is 11.1 Å². The molecule has 68 heavy (non-hydrogen) atoms. The molecular weight excluding hydrogens is 911 g/mol. The molecule has 0 bridgehead atoms. The molecule has 4 aromatic carbocycles. The highest BCUT2D eigenvalue weighted by molar-refractivity contribution is 8.15. The zero-order valence-corrected chi connectivity index (χ0v) is 39.7. The monoisotopic (exact) mass is 961 g/mol. The molecule has 4 amide bonds. The number of carbonyl (C=O) groups excluding carboxylic acids is 4. The molecule has 6 aromatic rings. The van der Waals surface area contributed by atoms with Gasteiger partial charge in [-0.3, -0.25) is 24.6 Å². The fourth-order valence-electron chi connectivity index (χ4n) is 7.26. The number of aromatic nitrogens is 6. The number of aryl methyl sites for hydroxylation is 1. The number of nitrogens with zero attached hydrogens (tertiary/aromatic N) is 6. The number of carbonyl (C=O) groups is 5. The fourth-order valence-corrected chi connectivity index (χ4v) is 8.86. The molecule has 1 unspecified atom stereocenters. The van der Waals surface area contributed by atoms with Crippen molar-refractivity contribution in [3.05, 3.63) is 119 Å². The van der Waals surface area contributed by atoms with Gasteiger partial charge in [-0.05, 0) is 85.3 Å². The van der Waals surface area contributed by atoms with E-state index in [1.165, 1.54) is 23.7 Å². The van der Waals surface area contributed by atoms with Crippen LogP contribution in [0, 0.1) is 0 Å². The number of hydrogen-bond donors (Lipinski definition) is 4. The van der Waals surface area contributed by atoms with Gasteiger partial charge in [0.15, 0.2) is 12.3 Å². The minimum absolute atomic E-state index is 0.148. The predicted molar refractivity (Wildman–Crippen MR) is 259 cm³/mol. The molecule has 1 atom stereocenters. The van der Waals surface area contributed by atoms with Gasteiger partial charge in [-0.15, -0.1) is 10.2 Å². The van der Waals surface area contributed by atoms with E-state index in [1.807, 2.05) is 55.5 Å². The highest BCUT2D eigenvalue weighted by Gasteiger charge is 2.31.